The summed E-state index contributed by atoms with van der Waals surface area (Å²) in [5, 5.41) is 16.7. The second kappa shape index (κ2) is 5.77. The number of carbonyl (C=O) groups is 1. The molecule has 2 aromatic rings. The van der Waals surface area contributed by atoms with E-state index >= 15 is 0 Å². The number of rotatable bonds is 4. The van der Waals surface area contributed by atoms with Crippen LogP contribution in [0.4, 0.5) is 0 Å². The summed E-state index contributed by atoms with van der Waals surface area (Å²) in [7, 11) is 1.84. The van der Waals surface area contributed by atoms with Gasteiger partial charge in [0.1, 0.15) is 5.75 Å². The average molecular weight is 273 g/mol. The van der Waals surface area contributed by atoms with Gasteiger partial charge in [-0.15, -0.1) is 0 Å². The molecule has 1 unspecified atom stereocenters. The Balaban J connectivity index is 2.14. The van der Waals surface area contributed by atoms with Crippen molar-refractivity contribution in [3.8, 4) is 5.75 Å². The smallest absolute Gasteiger partial charge is 0.251 e. The van der Waals surface area contributed by atoms with E-state index in [0.29, 0.717) is 5.56 Å². The molecule has 0 fully saturated rings. The Kier molecular flexibility index (Phi) is 4.08. The minimum absolute atomic E-state index is 0.0837. The zero-order valence-corrected chi connectivity index (χ0v) is 11.9. The molecule has 1 amide bonds. The van der Waals surface area contributed by atoms with E-state index in [1.807, 2.05) is 20.2 Å². The van der Waals surface area contributed by atoms with Gasteiger partial charge in [0.25, 0.3) is 5.91 Å². The fraction of sp³-hybridized carbons (Fsp3) is 0.333. The molecule has 2 N–H and O–H groups in total. The van der Waals surface area contributed by atoms with Gasteiger partial charge in [0.05, 0.1) is 12.2 Å². The molecule has 5 heteroatoms. The maximum atomic E-state index is 12.2. The number of benzene rings is 1. The van der Waals surface area contributed by atoms with Gasteiger partial charge >= 0.3 is 0 Å². The van der Waals surface area contributed by atoms with Gasteiger partial charge in [-0.3, -0.25) is 9.48 Å². The molecule has 1 aromatic heterocycles. The van der Waals surface area contributed by atoms with Crippen LogP contribution in [0.5, 0.6) is 5.75 Å². The summed E-state index contributed by atoms with van der Waals surface area (Å²) >= 11 is 0. The van der Waals surface area contributed by atoms with Gasteiger partial charge < -0.3 is 10.4 Å². The molecule has 106 valence electrons. The number of nitrogens with one attached hydrogen (secondary N) is 1. The maximum absolute atomic E-state index is 12.2. The molecule has 1 aromatic carbocycles. The molecule has 2 rings (SSSR count). The van der Waals surface area contributed by atoms with Crippen LogP contribution in [0.25, 0.3) is 0 Å². The van der Waals surface area contributed by atoms with Gasteiger partial charge in [-0.05, 0) is 31.0 Å². The molecule has 0 radical (unpaired) electrons. The number of carbonyl (C=O) groups excluding carboxylic acids is 1. The van der Waals surface area contributed by atoms with Crippen LogP contribution in [0.1, 0.15) is 40.9 Å². The second-order valence-electron chi connectivity index (χ2n) is 4.88. The van der Waals surface area contributed by atoms with E-state index in [1.165, 1.54) is 6.07 Å². The van der Waals surface area contributed by atoms with Gasteiger partial charge in [-0.1, -0.05) is 13.0 Å². The monoisotopic (exact) mass is 273 g/mol. The minimum atomic E-state index is -0.198. The molecular formula is C15H19N3O2. The highest BCUT2D eigenvalue weighted by atomic mass is 16.3. The number of aromatic nitrogens is 2. The van der Waals surface area contributed by atoms with Crippen molar-refractivity contribution in [1.82, 2.24) is 15.1 Å². The number of amides is 1. The Morgan fingerprint density at radius 3 is 2.80 bits per heavy atom. The Bertz CT molecular complexity index is 619. The number of hydrogen-bond donors (Lipinski definition) is 2. The number of aromatic hydroxyl groups is 1. The number of phenols is 1. The van der Waals surface area contributed by atoms with Gasteiger partial charge in [0, 0.05) is 24.4 Å². The number of nitrogens with zero attached hydrogens (tertiary/aromatic N) is 2. The molecule has 0 saturated carbocycles. The number of phenolic OH excluding ortho intramolecular Hbond substituents is 1. The SMILES string of the molecule is CCC(NC(=O)c1ccc(C)c(O)c1)c1cnn(C)c1. The van der Waals surface area contributed by atoms with Crippen molar-refractivity contribution in [2.75, 3.05) is 0 Å². The molecule has 0 aliphatic rings. The molecule has 0 saturated heterocycles. The standard InChI is InChI=1S/C15H19N3O2/c1-4-13(12-8-16-18(3)9-12)17-15(20)11-6-5-10(2)14(19)7-11/h5-9,13,19H,4H2,1-3H3,(H,17,20). The van der Waals surface area contributed by atoms with E-state index in [0.717, 1.165) is 17.5 Å². The first-order valence-electron chi connectivity index (χ1n) is 6.60. The summed E-state index contributed by atoms with van der Waals surface area (Å²) in [6.07, 6.45) is 4.41. The first kappa shape index (κ1) is 14.1. The van der Waals surface area contributed by atoms with Gasteiger partial charge in [-0.2, -0.15) is 5.10 Å². The van der Waals surface area contributed by atoms with Crippen molar-refractivity contribution in [2.45, 2.75) is 26.3 Å². The molecule has 0 aliphatic heterocycles. The van der Waals surface area contributed by atoms with Gasteiger partial charge in [0.2, 0.25) is 0 Å². The van der Waals surface area contributed by atoms with E-state index in [4.69, 9.17) is 0 Å². The normalized spacial score (nSPS) is 12.2. The topological polar surface area (TPSA) is 67.2 Å². The molecular weight excluding hydrogens is 254 g/mol. The predicted molar refractivity (Wildman–Crippen MR) is 76.6 cm³/mol. The minimum Gasteiger partial charge on any atom is -0.508 e. The third-order valence-corrected chi connectivity index (χ3v) is 3.31. The van der Waals surface area contributed by atoms with Crippen molar-refractivity contribution in [3.63, 3.8) is 0 Å². The van der Waals surface area contributed by atoms with E-state index < -0.39 is 0 Å². The van der Waals surface area contributed by atoms with Crippen molar-refractivity contribution in [3.05, 3.63) is 47.3 Å². The lowest BCUT2D eigenvalue weighted by Gasteiger charge is -2.15. The molecule has 0 bridgehead atoms. The fourth-order valence-corrected chi connectivity index (χ4v) is 2.03. The van der Waals surface area contributed by atoms with Gasteiger partial charge in [-0.25, -0.2) is 0 Å². The van der Waals surface area contributed by atoms with Crippen LogP contribution < -0.4 is 5.32 Å². The highest BCUT2D eigenvalue weighted by Gasteiger charge is 2.16. The molecule has 0 spiro atoms. The third kappa shape index (κ3) is 2.99. The van der Waals surface area contributed by atoms with Crippen LogP contribution >= 0.6 is 0 Å². The van der Waals surface area contributed by atoms with Crippen molar-refractivity contribution < 1.29 is 9.90 Å². The molecule has 5 nitrogen and oxygen atoms in total. The highest BCUT2D eigenvalue weighted by Crippen LogP contribution is 2.20. The third-order valence-electron chi connectivity index (χ3n) is 3.31. The van der Waals surface area contributed by atoms with E-state index in [-0.39, 0.29) is 17.7 Å². The number of hydrogen-bond acceptors (Lipinski definition) is 3. The summed E-state index contributed by atoms with van der Waals surface area (Å²) in [5.41, 5.74) is 2.18. The van der Waals surface area contributed by atoms with Crippen LogP contribution in [-0.2, 0) is 7.05 Å². The maximum Gasteiger partial charge on any atom is 0.251 e. The Hall–Kier alpha value is -2.30. The lowest BCUT2D eigenvalue weighted by atomic mass is 10.1. The summed E-state index contributed by atoms with van der Waals surface area (Å²) in [6.45, 7) is 3.80. The van der Waals surface area contributed by atoms with E-state index in [9.17, 15) is 9.90 Å². The Morgan fingerprint density at radius 1 is 1.50 bits per heavy atom. The van der Waals surface area contributed by atoms with E-state index in [1.54, 1.807) is 29.9 Å². The number of aryl methyl sites for hydroxylation is 2. The highest BCUT2D eigenvalue weighted by molar-refractivity contribution is 5.94. The van der Waals surface area contributed by atoms with Crippen LogP contribution in [0.2, 0.25) is 0 Å². The summed E-state index contributed by atoms with van der Waals surface area (Å²) in [4.78, 5) is 12.2. The second-order valence-corrected chi connectivity index (χ2v) is 4.88. The summed E-state index contributed by atoms with van der Waals surface area (Å²) < 4.78 is 1.71. The summed E-state index contributed by atoms with van der Waals surface area (Å²) in [6, 6.07) is 4.84. The Labute approximate surface area is 118 Å². The van der Waals surface area contributed by atoms with Crippen LogP contribution in [-0.4, -0.2) is 20.8 Å². The van der Waals surface area contributed by atoms with Crippen molar-refractivity contribution in [2.24, 2.45) is 7.05 Å². The zero-order valence-electron chi connectivity index (χ0n) is 11.9. The fourth-order valence-electron chi connectivity index (χ4n) is 2.03. The molecule has 1 atom stereocenters. The van der Waals surface area contributed by atoms with Crippen LogP contribution in [0.3, 0.4) is 0 Å². The van der Waals surface area contributed by atoms with Crippen molar-refractivity contribution >= 4 is 5.91 Å². The first-order chi connectivity index (χ1) is 9.51. The predicted octanol–water partition coefficient (Wildman–Crippen LogP) is 2.32. The largest absolute Gasteiger partial charge is 0.508 e. The average Bonchev–Trinajstić information content (AvgIpc) is 2.85. The van der Waals surface area contributed by atoms with Gasteiger partial charge in [0.15, 0.2) is 0 Å². The molecule has 1 heterocycles. The first-order valence-corrected chi connectivity index (χ1v) is 6.60. The van der Waals surface area contributed by atoms with Crippen LogP contribution in [0.15, 0.2) is 30.6 Å². The summed E-state index contributed by atoms with van der Waals surface area (Å²) in [5.74, 6) is -0.0666. The lowest BCUT2D eigenvalue weighted by Crippen LogP contribution is -2.27. The lowest BCUT2D eigenvalue weighted by molar-refractivity contribution is 0.0935. The quantitative estimate of drug-likeness (QED) is 0.898. The molecule has 20 heavy (non-hydrogen) atoms. The van der Waals surface area contributed by atoms with Crippen molar-refractivity contribution in [1.29, 1.82) is 0 Å². The molecule has 0 aliphatic carbocycles. The zero-order chi connectivity index (χ0) is 14.7. The van der Waals surface area contributed by atoms with E-state index in [2.05, 4.69) is 10.4 Å². The Morgan fingerprint density at radius 2 is 2.25 bits per heavy atom. The van der Waals surface area contributed by atoms with Crippen LogP contribution in [0, 0.1) is 6.92 Å².